The van der Waals surface area contributed by atoms with Gasteiger partial charge in [-0.1, -0.05) is 13.8 Å². The molecule has 7 heteroatoms. The molecule has 19 heavy (non-hydrogen) atoms. The summed E-state index contributed by atoms with van der Waals surface area (Å²) in [6.45, 7) is 4.64. The third kappa shape index (κ3) is 5.36. The molecule has 1 N–H and O–H groups in total. The first-order valence-electron chi connectivity index (χ1n) is 6.41. The summed E-state index contributed by atoms with van der Waals surface area (Å²) >= 11 is 0. The maximum atomic E-state index is 11.9. The molecule has 1 aliphatic heterocycles. The number of hydrogen-bond donors (Lipinski definition) is 1. The Labute approximate surface area is 111 Å². The van der Waals surface area contributed by atoms with Crippen molar-refractivity contribution in [2.45, 2.75) is 45.6 Å². The Balaban J connectivity index is 2.42. The molecular weight excluding hydrogens is 261 g/mol. The lowest BCUT2D eigenvalue weighted by atomic mass is 10.1. The molecule has 1 fully saturated rings. The van der Waals surface area contributed by atoms with Crippen molar-refractivity contribution in [3.8, 4) is 0 Å². The first-order valence-corrected chi connectivity index (χ1v) is 6.41. The van der Waals surface area contributed by atoms with E-state index in [1.165, 1.54) is 0 Å². The Morgan fingerprint density at radius 1 is 1.42 bits per heavy atom. The van der Waals surface area contributed by atoms with Crippen LogP contribution in [0.2, 0.25) is 0 Å². The molecule has 4 nitrogen and oxygen atoms in total. The summed E-state index contributed by atoms with van der Waals surface area (Å²) in [5.41, 5.74) is 0. The molecule has 1 saturated heterocycles. The van der Waals surface area contributed by atoms with Gasteiger partial charge in [-0.2, -0.15) is 13.2 Å². The van der Waals surface area contributed by atoms with E-state index in [2.05, 4.69) is 10.1 Å². The molecule has 112 valence electrons. The average molecular weight is 282 g/mol. The van der Waals surface area contributed by atoms with Crippen LogP contribution >= 0.6 is 0 Å². The number of hydrogen-bond acceptors (Lipinski definition) is 3. The number of ether oxygens (including phenoxy) is 1. The minimum atomic E-state index is -4.32. The zero-order valence-electron chi connectivity index (χ0n) is 11.5. The molecule has 0 aromatic heterocycles. The van der Waals surface area contributed by atoms with Gasteiger partial charge in [0.05, 0.1) is 18.8 Å². The number of nitrogens with one attached hydrogen (secondary N) is 1. The molecule has 0 saturated carbocycles. The number of rotatable bonds is 6. The van der Waals surface area contributed by atoms with Crippen molar-refractivity contribution >= 4 is 5.91 Å². The highest BCUT2D eigenvalue weighted by molar-refractivity contribution is 5.83. The van der Waals surface area contributed by atoms with Crippen LogP contribution in [0.1, 0.15) is 27.2 Å². The number of amides is 1. The van der Waals surface area contributed by atoms with Gasteiger partial charge < -0.3 is 9.64 Å². The van der Waals surface area contributed by atoms with Gasteiger partial charge in [0.25, 0.3) is 0 Å². The molecule has 0 aliphatic carbocycles. The van der Waals surface area contributed by atoms with E-state index in [0.717, 1.165) is 6.42 Å². The summed E-state index contributed by atoms with van der Waals surface area (Å²) in [6.07, 6.45) is -3.66. The molecule has 1 amide bonds. The highest BCUT2D eigenvalue weighted by Gasteiger charge is 2.36. The lowest BCUT2D eigenvalue weighted by Crippen LogP contribution is -2.40. The summed E-state index contributed by atoms with van der Waals surface area (Å²) in [4.78, 5) is 13.4. The Hall–Kier alpha value is -0.820. The van der Waals surface area contributed by atoms with E-state index in [0.29, 0.717) is 5.92 Å². The maximum absolute atomic E-state index is 11.9. The van der Waals surface area contributed by atoms with Gasteiger partial charge in [0.2, 0.25) is 5.91 Å². The van der Waals surface area contributed by atoms with Crippen LogP contribution in [-0.4, -0.2) is 48.9 Å². The fourth-order valence-electron chi connectivity index (χ4n) is 2.11. The molecule has 0 aromatic carbocycles. The smallest absolute Gasteiger partial charge is 0.370 e. The average Bonchev–Trinajstić information content (AvgIpc) is 2.49. The van der Waals surface area contributed by atoms with Crippen molar-refractivity contribution in [1.29, 1.82) is 0 Å². The second kappa shape index (κ2) is 6.56. The first-order chi connectivity index (χ1) is 8.70. The Bertz CT molecular complexity index is 308. The van der Waals surface area contributed by atoms with E-state index < -0.39 is 12.8 Å². The number of carbonyl (C=O) groups is 1. The third-order valence-corrected chi connectivity index (χ3v) is 2.91. The molecule has 0 radical (unpaired) electrons. The van der Waals surface area contributed by atoms with Gasteiger partial charge in [0.15, 0.2) is 0 Å². The lowest BCUT2D eigenvalue weighted by molar-refractivity contribution is -0.175. The van der Waals surface area contributed by atoms with Crippen molar-refractivity contribution in [2.75, 3.05) is 19.8 Å². The monoisotopic (exact) mass is 282 g/mol. The summed E-state index contributed by atoms with van der Waals surface area (Å²) in [6, 6.07) is -0.286. The fourth-order valence-corrected chi connectivity index (χ4v) is 2.11. The van der Waals surface area contributed by atoms with Gasteiger partial charge in [0, 0.05) is 6.54 Å². The van der Waals surface area contributed by atoms with Gasteiger partial charge in [-0.3, -0.25) is 10.1 Å². The van der Waals surface area contributed by atoms with Crippen LogP contribution < -0.4 is 5.32 Å². The second-order valence-electron chi connectivity index (χ2n) is 5.23. The molecular formula is C12H21F3N2O2. The van der Waals surface area contributed by atoms with Gasteiger partial charge >= 0.3 is 6.18 Å². The lowest BCUT2D eigenvalue weighted by Gasteiger charge is -2.25. The number of alkyl halides is 3. The van der Waals surface area contributed by atoms with Crippen molar-refractivity contribution in [3.05, 3.63) is 0 Å². The standard InChI is InChI=1S/C12H21F3N2O2/c1-8(2)6-10-16-9(3)11(18)17(10)4-5-19-7-12(13,14)15/h8-10,16H,4-7H2,1-3H3. The highest BCUT2D eigenvalue weighted by Crippen LogP contribution is 2.18. The molecule has 1 aliphatic rings. The fraction of sp³-hybridized carbons (Fsp3) is 0.917. The van der Waals surface area contributed by atoms with Gasteiger partial charge in [-0.05, 0) is 19.3 Å². The molecule has 2 atom stereocenters. The van der Waals surface area contributed by atoms with Crippen LogP contribution in [-0.2, 0) is 9.53 Å². The predicted octanol–water partition coefficient (Wildman–Crippen LogP) is 1.76. The Morgan fingerprint density at radius 3 is 2.58 bits per heavy atom. The van der Waals surface area contributed by atoms with Crippen LogP contribution in [0.15, 0.2) is 0 Å². The predicted molar refractivity (Wildman–Crippen MR) is 64.4 cm³/mol. The quantitative estimate of drug-likeness (QED) is 0.755. The molecule has 0 aromatic rings. The van der Waals surface area contributed by atoms with E-state index >= 15 is 0 Å². The highest BCUT2D eigenvalue weighted by atomic mass is 19.4. The van der Waals surface area contributed by atoms with Crippen molar-refractivity contribution in [1.82, 2.24) is 10.2 Å². The van der Waals surface area contributed by atoms with Gasteiger partial charge in [-0.15, -0.1) is 0 Å². The van der Waals surface area contributed by atoms with E-state index in [1.54, 1.807) is 11.8 Å². The SMILES string of the molecule is CC(C)CC1NC(C)C(=O)N1CCOCC(F)(F)F. The normalized spacial score (nSPS) is 24.6. The third-order valence-electron chi connectivity index (χ3n) is 2.91. The topological polar surface area (TPSA) is 41.6 Å². The number of halogens is 3. The zero-order chi connectivity index (χ0) is 14.6. The van der Waals surface area contributed by atoms with Crippen molar-refractivity contribution in [3.63, 3.8) is 0 Å². The molecule has 1 rings (SSSR count). The number of carbonyl (C=O) groups excluding carboxylic acids is 1. The van der Waals surface area contributed by atoms with Crippen LogP contribution in [0.4, 0.5) is 13.2 Å². The molecule has 1 heterocycles. The minimum Gasteiger partial charge on any atom is -0.370 e. The van der Waals surface area contributed by atoms with Crippen LogP contribution in [0, 0.1) is 5.92 Å². The van der Waals surface area contributed by atoms with E-state index in [-0.39, 0.29) is 31.3 Å². The molecule has 2 unspecified atom stereocenters. The van der Waals surface area contributed by atoms with Gasteiger partial charge in [0.1, 0.15) is 6.61 Å². The second-order valence-corrected chi connectivity index (χ2v) is 5.23. The van der Waals surface area contributed by atoms with Crippen molar-refractivity contribution in [2.24, 2.45) is 5.92 Å². The first kappa shape index (κ1) is 16.2. The Kier molecular flexibility index (Phi) is 5.61. The largest absolute Gasteiger partial charge is 0.411 e. The number of nitrogens with zero attached hydrogens (tertiary/aromatic N) is 1. The van der Waals surface area contributed by atoms with Crippen LogP contribution in [0.3, 0.4) is 0 Å². The van der Waals surface area contributed by atoms with Crippen molar-refractivity contribution < 1.29 is 22.7 Å². The van der Waals surface area contributed by atoms with Crippen LogP contribution in [0.25, 0.3) is 0 Å². The van der Waals surface area contributed by atoms with Gasteiger partial charge in [-0.25, -0.2) is 0 Å². The summed E-state index contributed by atoms with van der Waals surface area (Å²) < 4.78 is 40.3. The summed E-state index contributed by atoms with van der Waals surface area (Å²) in [5, 5.41) is 3.14. The molecule has 0 spiro atoms. The summed E-state index contributed by atoms with van der Waals surface area (Å²) in [5.74, 6) is 0.315. The maximum Gasteiger partial charge on any atom is 0.411 e. The minimum absolute atomic E-state index is 0.0822. The summed E-state index contributed by atoms with van der Waals surface area (Å²) in [7, 11) is 0. The zero-order valence-corrected chi connectivity index (χ0v) is 11.5. The van der Waals surface area contributed by atoms with Crippen LogP contribution in [0.5, 0.6) is 0 Å². The Morgan fingerprint density at radius 2 is 2.05 bits per heavy atom. The van der Waals surface area contributed by atoms with E-state index in [4.69, 9.17) is 0 Å². The van der Waals surface area contributed by atoms with E-state index in [9.17, 15) is 18.0 Å². The molecule has 0 bridgehead atoms. The van der Waals surface area contributed by atoms with E-state index in [1.807, 2.05) is 13.8 Å².